The van der Waals surface area contributed by atoms with Crippen molar-refractivity contribution < 1.29 is 4.92 Å². The van der Waals surface area contributed by atoms with E-state index in [0.717, 1.165) is 6.54 Å². The maximum absolute atomic E-state index is 10.7. The van der Waals surface area contributed by atoms with Crippen LogP contribution in [0.25, 0.3) is 0 Å². The first-order valence-electron chi connectivity index (χ1n) is 4.82. The Balaban J connectivity index is 3.03. The number of nitrogens with one attached hydrogen (secondary N) is 2. The maximum Gasteiger partial charge on any atom is 0.311 e. The van der Waals surface area contributed by atoms with Crippen molar-refractivity contribution in [3.05, 3.63) is 22.2 Å². The molecule has 0 saturated heterocycles. The molecule has 0 bridgehead atoms. The van der Waals surface area contributed by atoms with Gasteiger partial charge in [0.2, 0.25) is 5.82 Å². The first-order chi connectivity index (χ1) is 7.19. The van der Waals surface area contributed by atoms with Gasteiger partial charge in [-0.25, -0.2) is 4.98 Å². The van der Waals surface area contributed by atoms with E-state index in [9.17, 15) is 10.1 Å². The molecule has 0 aliphatic rings. The molecular weight excluding hydrogens is 196 g/mol. The molecular formula is C9H14N4O2. The molecule has 0 aliphatic carbocycles. The molecule has 0 aliphatic heterocycles. The lowest BCUT2D eigenvalue weighted by molar-refractivity contribution is -0.384. The number of aromatic nitrogens is 1. The van der Waals surface area contributed by atoms with Crippen LogP contribution in [0.3, 0.4) is 0 Å². The van der Waals surface area contributed by atoms with Crippen LogP contribution < -0.4 is 10.6 Å². The zero-order chi connectivity index (χ0) is 11.3. The predicted molar refractivity (Wildman–Crippen MR) is 59.2 cm³/mol. The monoisotopic (exact) mass is 210 g/mol. The van der Waals surface area contributed by atoms with Gasteiger partial charge in [-0.3, -0.25) is 10.1 Å². The van der Waals surface area contributed by atoms with Crippen LogP contribution in [0.15, 0.2) is 12.1 Å². The van der Waals surface area contributed by atoms with E-state index in [1.165, 1.54) is 6.07 Å². The van der Waals surface area contributed by atoms with Crippen molar-refractivity contribution >= 4 is 17.3 Å². The molecule has 15 heavy (non-hydrogen) atoms. The van der Waals surface area contributed by atoms with Gasteiger partial charge in [-0.2, -0.15) is 0 Å². The third kappa shape index (κ3) is 2.80. The highest BCUT2D eigenvalue weighted by molar-refractivity contribution is 5.60. The van der Waals surface area contributed by atoms with Crippen molar-refractivity contribution in [2.24, 2.45) is 0 Å². The molecule has 0 aromatic carbocycles. The lowest BCUT2D eigenvalue weighted by Gasteiger charge is -2.06. The summed E-state index contributed by atoms with van der Waals surface area (Å²) < 4.78 is 0. The number of nitro groups is 1. The summed E-state index contributed by atoms with van der Waals surface area (Å²) in [6.45, 7) is 5.14. The Kier molecular flexibility index (Phi) is 3.84. The van der Waals surface area contributed by atoms with Gasteiger partial charge in [0.15, 0.2) is 0 Å². The zero-order valence-corrected chi connectivity index (χ0v) is 8.78. The standard InChI is InChI=1S/C9H14N4O2/c1-3-10-8-6-5-7(13(14)15)9(12-8)11-4-2/h5-6H,3-4H2,1-2H3,(H2,10,11,12). The molecule has 2 N–H and O–H groups in total. The van der Waals surface area contributed by atoms with Gasteiger partial charge >= 0.3 is 5.69 Å². The maximum atomic E-state index is 10.7. The molecule has 1 rings (SSSR count). The second kappa shape index (κ2) is 5.14. The van der Waals surface area contributed by atoms with Crippen molar-refractivity contribution in [2.45, 2.75) is 13.8 Å². The van der Waals surface area contributed by atoms with Gasteiger partial charge in [0.25, 0.3) is 0 Å². The van der Waals surface area contributed by atoms with Crippen molar-refractivity contribution in [3.63, 3.8) is 0 Å². The summed E-state index contributed by atoms with van der Waals surface area (Å²) >= 11 is 0. The van der Waals surface area contributed by atoms with Crippen LogP contribution in [0.1, 0.15) is 13.8 Å². The summed E-state index contributed by atoms with van der Waals surface area (Å²) in [5, 5.41) is 16.5. The molecule has 0 amide bonds. The van der Waals surface area contributed by atoms with E-state index < -0.39 is 4.92 Å². The van der Waals surface area contributed by atoms with Gasteiger partial charge in [-0.15, -0.1) is 0 Å². The molecule has 6 nitrogen and oxygen atoms in total. The number of rotatable bonds is 5. The summed E-state index contributed by atoms with van der Waals surface area (Å²) in [6.07, 6.45) is 0. The van der Waals surface area contributed by atoms with Crippen LogP contribution in [0.4, 0.5) is 17.3 Å². The molecule has 82 valence electrons. The Morgan fingerprint density at radius 1 is 1.33 bits per heavy atom. The molecule has 0 fully saturated rings. The van der Waals surface area contributed by atoms with Crippen LogP contribution in [0.5, 0.6) is 0 Å². The molecule has 1 heterocycles. The third-order valence-electron chi connectivity index (χ3n) is 1.77. The fourth-order valence-corrected chi connectivity index (χ4v) is 1.18. The first-order valence-corrected chi connectivity index (χ1v) is 4.82. The summed E-state index contributed by atoms with van der Waals surface area (Å²) in [7, 11) is 0. The fraction of sp³-hybridized carbons (Fsp3) is 0.444. The zero-order valence-electron chi connectivity index (χ0n) is 8.78. The molecule has 6 heteroatoms. The van der Waals surface area contributed by atoms with Crippen LogP contribution >= 0.6 is 0 Å². The summed E-state index contributed by atoms with van der Waals surface area (Å²) in [4.78, 5) is 14.3. The van der Waals surface area contributed by atoms with Gasteiger partial charge in [0.1, 0.15) is 5.82 Å². The highest BCUT2D eigenvalue weighted by Crippen LogP contribution is 2.23. The van der Waals surface area contributed by atoms with Gasteiger partial charge in [0, 0.05) is 19.2 Å². The normalized spacial score (nSPS) is 9.73. The fourth-order valence-electron chi connectivity index (χ4n) is 1.18. The summed E-state index contributed by atoms with van der Waals surface area (Å²) in [5.74, 6) is 0.944. The van der Waals surface area contributed by atoms with Crippen molar-refractivity contribution in [2.75, 3.05) is 23.7 Å². The van der Waals surface area contributed by atoms with Crippen LogP contribution in [0, 0.1) is 10.1 Å². The number of hydrogen-bond donors (Lipinski definition) is 2. The quantitative estimate of drug-likeness (QED) is 0.572. The lowest BCUT2D eigenvalue weighted by atomic mass is 10.3. The Bertz CT molecular complexity index is 354. The average Bonchev–Trinajstić information content (AvgIpc) is 2.18. The Morgan fingerprint density at radius 3 is 2.53 bits per heavy atom. The van der Waals surface area contributed by atoms with E-state index in [1.54, 1.807) is 6.07 Å². The van der Waals surface area contributed by atoms with Crippen molar-refractivity contribution in [1.82, 2.24) is 4.98 Å². The highest BCUT2D eigenvalue weighted by atomic mass is 16.6. The van der Waals surface area contributed by atoms with E-state index in [0.29, 0.717) is 18.2 Å². The molecule has 0 atom stereocenters. The predicted octanol–water partition coefficient (Wildman–Crippen LogP) is 1.85. The minimum atomic E-state index is -0.444. The average molecular weight is 210 g/mol. The van der Waals surface area contributed by atoms with Gasteiger partial charge < -0.3 is 10.6 Å². The first kappa shape index (κ1) is 11.2. The molecule has 0 unspecified atom stereocenters. The van der Waals surface area contributed by atoms with E-state index in [2.05, 4.69) is 15.6 Å². The van der Waals surface area contributed by atoms with E-state index >= 15 is 0 Å². The number of nitrogens with zero attached hydrogens (tertiary/aromatic N) is 2. The second-order valence-corrected chi connectivity index (χ2v) is 2.88. The molecule has 0 radical (unpaired) electrons. The smallest absolute Gasteiger partial charge is 0.311 e. The van der Waals surface area contributed by atoms with Crippen molar-refractivity contribution in [1.29, 1.82) is 0 Å². The van der Waals surface area contributed by atoms with Gasteiger partial charge in [0.05, 0.1) is 4.92 Å². The highest BCUT2D eigenvalue weighted by Gasteiger charge is 2.14. The van der Waals surface area contributed by atoms with E-state index in [-0.39, 0.29) is 5.69 Å². The Hall–Kier alpha value is -1.85. The SMILES string of the molecule is CCNc1ccc([N+](=O)[O-])c(NCC)n1. The molecule has 1 aromatic heterocycles. The summed E-state index contributed by atoms with van der Waals surface area (Å²) in [6, 6.07) is 3.05. The second-order valence-electron chi connectivity index (χ2n) is 2.88. The Labute approximate surface area is 87.9 Å². The van der Waals surface area contributed by atoms with Crippen LogP contribution in [-0.4, -0.2) is 23.0 Å². The molecule has 0 spiro atoms. The molecule has 1 aromatic rings. The van der Waals surface area contributed by atoms with Gasteiger partial charge in [-0.05, 0) is 19.9 Å². The summed E-state index contributed by atoms with van der Waals surface area (Å²) in [5.41, 5.74) is -0.00139. The van der Waals surface area contributed by atoms with Crippen LogP contribution in [-0.2, 0) is 0 Å². The van der Waals surface area contributed by atoms with E-state index in [4.69, 9.17) is 0 Å². The van der Waals surface area contributed by atoms with E-state index in [1.807, 2.05) is 13.8 Å². The lowest BCUT2D eigenvalue weighted by Crippen LogP contribution is -2.06. The number of pyridine rings is 1. The molecule has 0 saturated carbocycles. The Morgan fingerprint density at radius 2 is 2.00 bits per heavy atom. The van der Waals surface area contributed by atoms with Crippen molar-refractivity contribution in [3.8, 4) is 0 Å². The van der Waals surface area contributed by atoms with Gasteiger partial charge in [-0.1, -0.05) is 0 Å². The van der Waals surface area contributed by atoms with Crippen LogP contribution in [0.2, 0.25) is 0 Å². The number of anilines is 2. The number of hydrogen-bond acceptors (Lipinski definition) is 5. The minimum absolute atomic E-state index is 0.00139. The topological polar surface area (TPSA) is 80.1 Å². The minimum Gasteiger partial charge on any atom is -0.370 e. The third-order valence-corrected chi connectivity index (χ3v) is 1.77. The largest absolute Gasteiger partial charge is 0.370 e.